The predicted octanol–water partition coefficient (Wildman–Crippen LogP) is 18.7. The number of phenolic OH excluding ortho intramolecular Hbond substituents is 2. The number of carbonyl (C=O) groups is 6. The topological polar surface area (TPSA) is 214 Å². The molecule has 17 nitrogen and oxygen atoms in total. The fourth-order valence-electron chi connectivity index (χ4n) is 16.0. The second-order valence-corrected chi connectivity index (χ2v) is 33.1. The van der Waals surface area contributed by atoms with Gasteiger partial charge in [0.25, 0.3) is 17.7 Å². The smallest absolute Gasteiger partial charge is 0.323 e. The normalized spacial score (nSPS) is 14.8. The van der Waals surface area contributed by atoms with Gasteiger partial charge in [-0.05, 0) is 255 Å². The van der Waals surface area contributed by atoms with Crippen LogP contribution < -0.4 is 20.1 Å². The van der Waals surface area contributed by atoms with Crippen molar-refractivity contribution in [3.05, 3.63) is 271 Å². The lowest BCUT2D eigenvalue weighted by atomic mass is 9.98. The molecule has 0 radical (unpaired) electrons. The van der Waals surface area contributed by atoms with Gasteiger partial charge in [0, 0.05) is 74.0 Å². The molecule has 606 valence electrons. The van der Waals surface area contributed by atoms with Crippen LogP contribution in [-0.4, -0.2) is 98.2 Å². The van der Waals surface area contributed by atoms with Crippen molar-refractivity contribution in [3.63, 3.8) is 0 Å². The molecule has 17 heteroatoms. The van der Waals surface area contributed by atoms with Gasteiger partial charge in [-0.25, -0.2) is 0 Å². The zero-order chi connectivity index (χ0) is 82.0. The summed E-state index contributed by atoms with van der Waals surface area (Å²) in [6, 6.07) is 48.9. The number of hydrogen-bond acceptors (Lipinski definition) is 14. The average Bonchev–Trinajstić information content (AvgIpc) is 1.71. The first kappa shape index (κ1) is 85.3. The summed E-state index contributed by atoms with van der Waals surface area (Å²) in [7, 11) is 0. The molecule has 8 aromatic carbocycles. The molecule has 0 unspecified atom stereocenters. The fraction of sp³-hybridized carbons (Fsp3) is 0.408. The molecule has 5 aliphatic rings. The highest BCUT2D eigenvalue weighted by Gasteiger charge is 2.33. The van der Waals surface area contributed by atoms with Crippen LogP contribution in [0, 0.1) is 25.7 Å². The first-order valence-electron chi connectivity index (χ1n) is 41.3. The molecule has 13 rings (SSSR count). The van der Waals surface area contributed by atoms with Crippen LogP contribution in [0.25, 0.3) is 11.1 Å². The standard InChI is InChI=1S/C39H48N2O4.C31H42N2O5.C28H27NO3/c1-26(2)19-36(39(43)45-33-13-9-10-14-33)40-18-17-29-15-16-31-23-41(24-32(31)21-29)38(42)35-22-34(27(3)4)37(20-28(35)5)44-25-30-11-7-6-8-12-30;1-19(2)13-27(31(37)38-24-7-5-6-8-24)32-12-11-21-9-10-22-17-33(18-23(22)14-21)30(36)26-15-25(20(3)4)28(34)16-29(26)35;1-19(2)25-15-26(20(3)13-27(25)32-18-22-7-5-4-6-8-22)28(31)29-16-23-10-9-21(11-12-30)14-24(23)17-29/h6-8,11-12,15-16,20-22,26,33,36,40H,3,9-10,13-14,17-19,23-25H2,1-2,4-5H3;9-10,14-16,19-20,24,27,32,34-35H,5-8,11-13,17-18H2,1-4H3;4-10,12-15H,1,11,16-18H2,2-3H3/t36-;27-;/m00./s1. The lowest BCUT2D eigenvalue weighted by molar-refractivity contribution is -0.152. The maximum absolute atomic E-state index is 13.8. The molecular formula is C98H117N5O12. The van der Waals surface area contributed by atoms with Crippen LogP contribution in [0.2, 0.25) is 0 Å². The van der Waals surface area contributed by atoms with Crippen molar-refractivity contribution in [1.29, 1.82) is 0 Å². The second kappa shape index (κ2) is 40.1. The molecule has 2 aliphatic carbocycles. The molecule has 2 atom stereocenters. The third-order valence-electron chi connectivity index (χ3n) is 22.4. The maximum Gasteiger partial charge on any atom is 0.323 e. The number of aromatic hydroxyl groups is 2. The van der Waals surface area contributed by atoms with E-state index in [2.05, 4.69) is 87.9 Å². The number of nitrogens with one attached hydrogen (secondary N) is 2. The minimum absolute atomic E-state index is 0.000517. The van der Waals surface area contributed by atoms with Gasteiger partial charge in [-0.1, -0.05) is 170 Å². The number of aldehydes is 1. The minimum Gasteiger partial charge on any atom is -0.508 e. The van der Waals surface area contributed by atoms with Gasteiger partial charge in [-0.2, -0.15) is 0 Å². The number of benzene rings is 8. The van der Waals surface area contributed by atoms with Gasteiger partial charge in [-0.3, -0.25) is 24.0 Å². The molecule has 115 heavy (non-hydrogen) atoms. The van der Waals surface area contributed by atoms with E-state index >= 15 is 0 Å². The van der Waals surface area contributed by atoms with Gasteiger partial charge in [0.2, 0.25) is 0 Å². The van der Waals surface area contributed by atoms with E-state index < -0.39 is 0 Å². The summed E-state index contributed by atoms with van der Waals surface area (Å²) in [5.41, 5.74) is 19.7. The molecule has 8 aromatic rings. The summed E-state index contributed by atoms with van der Waals surface area (Å²) < 4.78 is 23.9. The van der Waals surface area contributed by atoms with E-state index in [9.17, 15) is 39.0 Å². The SMILES string of the molecule is C=C(C)c1cc(C(=O)N2Cc3ccc(CC=O)cc3C2)c(C)cc1OCc1ccccc1.C=C(C)c1cc(C(=O)N2Cc3ccc(CCN[C@@H](CC(C)C)C(=O)OC4CCCC4)cc3C2)c(C)cc1OCc1ccccc1.CC(C)C[C@H](NCCc1ccc2c(c1)CN(C(=O)c1cc(C(C)C)c(O)cc1O)C2)C(=O)OC1CCCC1. The Bertz CT molecular complexity index is 4780. The number of ether oxygens (including phenoxy) is 4. The van der Waals surface area contributed by atoms with E-state index in [0.717, 1.165) is 173 Å². The van der Waals surface area contributed by atoms with E-state index in [1.165, 1.54) is 22.8 Å². The number of carbonyl (C=O) groups excluding carboxylic acids is 6. The third kappa shape index (κ3) is 22.9. The van der Waals surface area contributed by atoms with Crippen LogP contribution in [0.3, 0.4) is 0 Å². The summed E-state index contributed by atoms with van der Waals surface area (Å²) in [6.45, 7) is 33.9. The van der Waals surface area contributed by atoms with Gasteiger partial charge < -0.3 is 59.3 Å². The molecule has 0 spiro atoms. The number of fused-ring (bicyclic) bond motifs is 3. The lowest BCUT2D eigenvalue weighted by Gasteiger charge is -2.22. The highest BCUT2D eigenvalue weighted by Crippen LogP contribution is 2.38. The van der Waals surface area contributed by atoms with E-state index in [-0.39, 0.29) is 76.9 Å². The van der Waals surface area contributed by atoms with Gasteiger partial charge in [0.05, 0.1) is 5.56 Å². The lowest BCUT2D eigenvalue weighted by Crippen LogP contribution is -2.41. The van der Waals surface area contributed by atoms with Gasteiger partial charge in [-0.15, -0.1) is 0 Å². The van der Waals surface area contributed by atoms with Crippen molar-refractivity contribution in [2.45, 2.75) is 235 Å². The van der Waals surface area contributed by atoms with E-state index in [1.54, 1.807) is 11.0 Å². The molecule has 2 saturated carbocycles. The first-order valence-corrected chi connectivity index (χ1v) is 41.3. The van der Waals surface area contributed by atoms with Crippen LogP contribution in [0.4, 0.5) is 0 Å². The molecular weight excluding hydrogens is 1440 g/mol. The Morgan fingerprint density at radius 1 is 0.452 bits per heavy atom. The van der Waals surface area contributed by atoms with Crippen LogP contribution >= 0.6 is 0 Å². The molecule has 3 aliphatic heterocycles. The molecule has 2 fully saturated rings. The molecule has 0 bridgehead atoms. The maximum atomic E-state index is 13.8. The largest absolute Gasteiger partial charge is 0.508 e. The summed E-state index contributed by atoms with van der Waals surface area (Å²) in [5.74, 6) is 1.60. The van der Waals surface area contributed by atoms with Crippen molar-refractivity contribution in [2.75, 3.05) is 13.1 Å². The van der Waals surface area contributed by atoms with Crippen molar-refractivity contribution in [1.82, 2.24) is 25.3 Å². The zero-order valence-corrected chi connectivity index (χ0v) is 69.0. The Labute approximate surface area is 680 Å². The van der Waals surface area contributed by atoms with E-state index in [0.29, 0.717) is 101 Å². The Morgan fingerprint density at radius 3 is 1.20 bits per heavy atom. The highest BCUT2D eigenvalue weighted by molar-refractivity contribution is 5.99. The number of allylic oxidation sites excluding steroid dienone is 2. The number of amides is 3. The molecule has 4 N–H and O–H groups in total. The second-order valence-electron chi connectivity index (χ2n) is 33.1. The van der Waals surface area contributed by atoms with Gasteiger partial charge >= 0.3 is 11.9 Å². The number of esters is 2. The van der Waals surface area contributed by atoms with Crippen molar-refractivity contribution in [3.8, 4) is 23.0 Å². The van der Waals surface area contributed by atoms with E-state index in [4.69, 9.17) is 18.9 Å². The first-order chi connectivity index (χ1) is 55.2. The number of aryl methyl sites for hydroxylation is 2. The summed E-state index contributed by atoms with van der Waals surface area (Å²) >= 11 is 0. The predicted molar refractivity (Wildman–Crippen MR) is 454 cm³/mol. The van der Waals surface area contributed by atoms with Gasteiger partial charge in [0.15, 0.2) is 0 Å². The molecule has 3 amide bonds. The monoisotopic (exact) mass is 1560 g/mol. The molecule has 0 aromatic heterocycles. The Balaban J connectivity index is 0.000000172. The third-order valence-corrected chi connectivity index (χ3v) is 22.4. The highest BCUT2D eigenvalue weighted by atomic mass is 16.5. The van der Waals surface area contributed by atoms with Crippen molar-refractivity contribution in [2.24, 2.45) is 11.8 Å². The van der Waals surface area contributed by atoms with Gasteiger partial charge in [0.1, 0.15) is 66.8 Å². The number of hydrogen-bond donors (Lipinski definition) is 4. The van der Waals surface area contributed by atoms with Crippen molar-refractivity contribution < 1.29 is 57.9 Å². The van der Waals surface area contributed by atoms with Crippen LogP contribution in [0.15, 0.2) is 165 Å². The number of rotatable bonds is 30. The minimum atomic E-state index is -0.299. The summed E-state index contributed by atoms with van der Waals surface area (Å²) in [4.78, 5) is 82.5. The van der Waals surface area contributed by atoms with Crippen LogP contribution in [0.5, 0.6) is 23.0 Å². The fourth-order valence-corrected chi connectivity index (χ4v) is 16.0. The number of phenols is 2. The average molecular weight is 1560 g/mol. The molecule has 3 heterocycles. The zero-order valence-electron chi connectivity index (χ0n) is 69.0. The van der Waals surface area contributed by atoms with Crippen molar-refractivity contribution >= 4 is 47.1 Å². The Morgan fingerprint density at radius 2 is 0.826 bits per heavy atom. The Hall–Kier alpha value is -10.6. The summed E-state index contributed by atoms with van der Waals surface area (Å²) in [5, 5.41) is 27.4. The quantitative estimate of drug-likeness (QED) is 0.0244. The number of nitrogens with zero attached hydrogens (tertiary/aromatic N) is 3. The van der Waals surface area contributed by atoms with Crippen LogP contribution in [-0.2, 0) is 95.6 Å². The Kier molecular flexibility index (Phi) is 29.7. The van der Waals surface area contributed by atoms with E-state index in [1.807, 2.05) is 154 Å². The van der Waals surface area contributed by atoms with Crippen LogP contribution in [0.1, 0.15) is 246 Å². The summed E-state index contributed by atoms with van der Waals surface area (Å²) in [6.07, 6.45) is 13.0. The molecule has 0 saturated heterocycles.